The van der Waals surface area contributed by atoms with Gasteiger partial charge in [0.1, 0.15) is 5.76 Å². The van der Waals surface area contributed by atoms with Gasteiger partial charge in [0.15, 0.2) is 0 Å². The Labute approximate surface area is 112 Å². The summed E-state index contributed by atoms with van der Waals surface area (Å²) in [4.78, 5) is 10.7. The number of rotatable bonds is 3. The second kappa shape index (κ2) is 5.03. The quantitative estimate of drug-likeness (QED) is 0.917. The molecule has 0 bridgehead atoms. The van der Waals surface area contributed by atoms with Crippen LogP contribution in [0.25, 0.3) is 11.3 Å². The van der Waals surface area contributed by atoms with Crippen molar-refractivity contribution >= 4 is 5.97 Å². The normalized spacial score (nSPS) is 11.6. The third kappa shape index (κ3) is 2.84. The monoisotopic (exact) mass is 284 g/mol. The Hall–Kier alpha value is -2.24. The zero-order valence-electron chi connectivity index (χ0n) is 10.5. The van der Waals surface area contributed by atoms with E-state index in [0.717, 1.165) is 12.1 Å². The van der Waals surface area contributed by atoms with Crippen molar-refractivity contribution < 1.29 is 27.5 Å². The maximum Gasteiger partial charge on any atom is 0.416 e. The number of aryl methyl sites for hydroxylation is 1. The minimum absolute atomic E-state index is 0.100. The molecule has 0 spiro atoms. The van der Waals surface area contributed by atoms with Gasteiger partial charge in [-0.05, 0) is 42.3 Å². The Balaban J connectivity index is 2.52. The summed E-state index contributed by atoms with van der Waals surface area (Å²) < 4.78 is 43.5. The van der Waals surface area contributed by atoms with Gasteiger partial charge in [-0.1, -0.05) is 6.92 Å². The highest BCUT2D eigenvalue weighted by Crippen LogP contribution is 2.34. The highest BCUT2D eigenvalue weighted by Gasteiger charge is 2.31. The van der Waals surface area contributed by atoms with Crippen LogP contribution >= 0.6 is 0 Å². The Morgan fingerprint density at radius 2 is 1.95 bits per heavy atom. The van der Waals surface area contributed by atoms with Gasteiger partial charge in [-0.15, -0.1) is 0 Å². The first-order valence-electron chi connectivity index (χ1n) is 5.86. The van der Waals surface area contributed by atoms with E-state index in [4.69, 9.17) is 9.52 Å². The number of aromatic carboxylic acids is 1. The van der Waals surface area contributed by atoms with Crippen molar-refractivity contribution in [3.63, 3.8) is 0 Å². The van der Waals surface area contributed by atoms with Crippen LogP contribution in [0.2, 0.25) is 0 Å². The van der Waals surface area contributed by atoms with Crippen LogP contribution in [0.4, 0.5) is 13.2 Å². The Morgan fingerprint density at radius 1 is 1.25 bits per heavy atom. The summed E-state index contributed by atoms with van der Waals surface area (Å²) in [6.45, 7) is 1.74. The van der Waals surface area contributed by atoms with E-state index < -0.39 is 17.7 Å². The number of benzene rings is 1. The van der Waals surface area contributed by atoms with Gasteiger partial charge in [0.2, 0.25) is 5.76 Å². The van der Waals surface area contributed by atoms with E-state index in [2.05, 4.69) is 0 Å². The van der Waals surface area contributed by atoms with Gasteiger partial charge >= 0.3 is 12.1 Å². The number of furan rings is 1. The molecule has 20 heavy (non-hydrogen) atoms. The first-order chi connectivity index (χ1) is 9.31. The molecule has 0 saturated carbocycles. The first kappa shape index (κ1) is 14.2. The van der Waals surface area contributed by atoms with Gasteiger partial charge in [-0.2, -0.15) is 13.2 Å². The molecule has 0 unspecified atom stereocenters. The SMILES string of the molecule is CCc1cc(-c2ccc(C(=O)O)o2)cc(C(F)(F)F)c1. The van der Waals surface area contributed by atoms with E-state index in [1.807, 2.05) is 0 Å². The number of halogens is 3. The molecule has 0 aliphatic carbocycles. The predicted molar refractivity (Wildman–Crippen MR) is 65.5 cm³/mol. The average Bonchev–Trinajstić information content (AvgIpc) is 2.87. The highest BCUT2D eigenvalue weighted by atomic mass is 19.4. The Morgan fingerprint density at radius 3 is 2.45 bits per heavy atom. The summed E-state index contributed by atoms with van der Waals surface area (Å²) >= 11 is 0. The number of hydrogen-bond donors (Lipinski definition) is 1. The fraction of sp³-hybridized carbons (Fsp3) is 0.214. The molecule has 1 heterocycles. The molecule has 0 amide bonds. The number of hydrogen-bond acceptors (Lipinski definition) is 2. The molecule has 3 nitrogen and oxygen atoms in total. The van der Waals surface area contributed by atoms with Gasteiger partial charge < -0.3 is 9.52 Å². The van der Waals surface area contributed by atoms with Crippen LogP contribution in [0.3, 0.4) is 0 Å². The maximum absolute atomic E-state index is 12.8. The zero-order valence-corrected chi connectivity index (χ0v) is 10.5. The molecule has 0 aliphatic rings. The minimum Gasteiger partial charge on any atom is -0.475 e. The molecule has 0 fully saturated rings. The van der Waals surface area contributed by atoms with Gasteiger partial charge in [0, 0.05) is 5.56 Å². The van der Waals surface area contributed by atoms with Crippen molar-refractivity contribution in [3.05, 3.63) is 47.2 Å². The van der Waals surface area contributed by atoms with E-state index in [1.165, 1.54) is 12.1 Å². The largest absolute Gasteiger partial charge is 0.475 e. The van der Waals surface area contributed by atoms with Crippen LogP contribution in [-0.4, -0.2) is 11.1 Å². The molecule has 1 aromatic heterocycles. The third-order valence-electron chi connectivity index (χ3n) is 2.83. The number of carboxylic acids is 1. The Kier molecular flexibility index (Phi) is 3.57. The van der Waals surface area contributed by atoms with Gasteiger partial charge in [-0.3, -0.25) is 0 Å². The van der Waals surface area contributed by atoms with Crippen molar-refractivity contribution in [2.75, 3.05) is 0 Å². The van der Waals surface area contributed by atoms with Gasteiger partial charge in [-0.25, -0.2) is 4.79 Å². The Bertz CT molecular complexity index is 641. The van der Waals surface area contributed by atoms with Crippen LogP contribution in [0.1, 0.15) is 28.6 Å². The molecule has 6 heteroatoms. The van der Waals surface area contributed by atoms with Crippen LogP contribution in [0, 0.1) is 0 Å². The lowest BCUT2D eigenvalue weighted by Gasteiger charge is -2.10. The number of alkyl halides is 3. The highest BCUT2D eigenvalue weighted by molar-refractivity contribution is 5.85. The van der Waals surface area contributed by atoms with Crippen LogP contribution in [0.15, 0.2) is 34.7 Å². The fourth-order valence-electron chi connectivity index (χ4n) is 1.81. The summed E-state index contributed by atoms with van der Waals surface area (Å²) in [6.07, 6.45) is -4.02. The number of carbonyl (C=O) groups is 1. The molecule has 106 valence electrons. The second-order valence-corrected chi connectivity index (χ2v) is 4.24. The topological polar surface area (TPSA) is 50.4 Å². The number of carboxylic acid groups (broad SMARTS) is 1. The first-order valence-corrected chi connectivity index (χ1v) is 5.86. The predicted octanol–water partition coefficient (Wildman–Crippen LogP) is 4.23. The lowest BCUT2D eigenvalue weighted by molar-refractivity contribution is -0.137. The zero-order chi connectivity index (χ0) is 14.9. The molecule has 0 aliphatic heterocycles. The van der Waals surface area contributed by atoms with Crippen LogP contribution in [0.5, 0.6) is 0 Å². The minimum atomic E-state index is -4.46. The van der Waals surface area contributed by atoms with E-state index in [9.17, 15) is 18.0 Å². The van der Waals surface area contributed by atoms with Gasteiger partial charge in [0.25, 0.3) is 0 Å². The molecular weight excluding hydrogens is 273 g/mol. The molecular formula is C14H11F3O3. The van der Waals surface area contributed by atoms with E-state index in [-0.39, 0.29) is 17.1 Å². The van der Waals surface area contributed by atoms with Crippen molar-refractivity contribution in [2.45, 2.75) is 19.5 Å². The second-order valence-electron chi connectivity index (χ2n) is 4.24. The van der Waals surface area contributed by atoms with E-state index >= 15 is 0 Å². The lowest BCUT2D eigenvalue weighted by Crippen LogP contribution is -2.05. The summed E-state index contributed by atoms with van der Waals surface area (Å²) in [5.74, 6) is -1.47. The van der Waals surface area contributed by atoms with Gasteiger partial charge in [0.05, 0.1) is 5.56 Å². The van der Waals surface area contributed by atoms with Crippen molar-refractivity contribution in [3.8, 4) is 11.3 Å². The average molecular weight is 284 g/mol. The fourth-order valence-corrected chi connectivity index (χ4v) is 1.81. The maximum atomic E-state index is 12.8. The van der Waals surface area contributed by atoms with E-state index in [1.54, 1.807) is 13.0 Å². The molecule has 1 aromatic carbocycles. The molecule has 1 N–H and O–H groups in total. The van der Waals surface area contributed by atoms with Crippen molar-refractivity contribution in [1.29, 1.82) is 0 Å². The van der Waals surface area contributed by atoms with Crippen molar-refractivity contribution in [2.24, 2.45) is 0 Å². The molecule has 2 aromatic rings. The standard InChI is InChI=1S/C14H11F3O3/c1-2-8-5-9(7-10(6-8)14(15,16)17)11-3-4-12(20-11)13(18)19/h3-7H,2H2,1H3,(H,18,19). The molecule has 0 atom stereocenters. The summed E-state index contributed by atoms with van der Waals surface area (Å²) in [6, 6.07) is 6.13. The summed E-state index contributed by atoms with van der Waals surface area (Å²) in [5, 5.41) is 8.76. The summed E-state index contributed by atoms with van der Waals surface area (Å²) in [7, 11) is 0. The lowest BCUT2D eigenvalue weighted by atomic mass is 10.0. The smallest absolute Gasteiger partial charge is 0.416 e. The van der Waals surface area contributed by atoms with E-state index in [0.29, 0.717) is 12.0 Å². The summed E-state index contributed by atoms with van der Waals surface area (Å²) in [5.41, 5.74) is -0.0626. The molecule has 0 saturated heterocycles. The molecule has 2 rings (SSSR count). The molecule has 0 radical (unpaired) electrons. The van der Waals surface area contributed by atoms with Crippen molar-refractivity contribution in [1.82, 2.24) is 0 Å². The third-order valence-corrected chi connectivity index (χ3v) is 2.83. The van der Waals surface area contributed by atoms with Crippen LogP contribution in [-0.2, 0) is 12.6 Å². The van der Waals surface area contributed by atoms with Crippen LogP contribution < -0.4 is 0 Å².